The summed E-state index contributed by atoms with van der Waals surface area (Å²) in [6.07, 6.45) is -3.56. The number of benzene rings is 2. The number of carboxylic acid groups (broad SMARTS) is 1. The molecule has 34 heavy (non-hydrogen) atoms. The summed E-state index contributed by atoms with van der Waals surface area (Å²) in [6.45, 7) is 2.21. The highest BCUT2D eigenvalue weighted by molar-refractivity contribution is 7.99. The van der Waals surface area contributed by atoms with E-state index in [-0.39, 0.29) is 18.4 Å². The minimum absolute atomic E-state index is 0.00320. The van der Waals surface area contributed by atoms with Crippen LogP contribution in [0.5, 0.6) is 11.5 Å². The molecule has 0 unspecified atom stereocenters. The first-order valence-electron chi connectivity index (χ1n) is 11.5. The number of halogens is 3. The van der Waals surface area contributed by atoms with Gasteiger partial charge >= 0.3 is 12.1 Å². The number of fused-ring (bicyclic) bond motifs is 2. The van der Waals surface area contributed by atoms with Crippen LogP contribution in [0.2, 0.25) is 0 Å². The second-order valence-electron chi connectivity index (χ2n) is 9.00. The fraction of sp³-hybridized carbons (Fsp3) is 0.480. The molecule has 0 spiro atoms. The SMILES string of the molecule is O=C(O)C[C@@H]1COc2cc(O[C@@H]3CCc4c3ccc(C(F)(F)F)c4CN3CCSCC3)ccc21. The zero-order valence-electron chi connectivity index (χ0n) is 18.6. The van der Waals surface area contributed by atoms with Gasteiger partial charge < -0.3 is 14.6 Å². The number of aliphatic carboxylic acids is 1. The lowest BCUT2D eigenvalue weighted by molar-refractivity contribution is -0.139. The van der Waals surface area contributed by atoms with Crippen molar-refractivity contribution in [2.75, 3.05) is 31.2 Å². The van der Waals surface area contributed by atoms with Gasteiger partial charge in [-0.05, 0) is 41.7 Å². The minimum atomic E-state index is -4.39. The molecule has 5 nitrogen and oxygen atoms in total. The fourth-order valence-corrected chi connectivity index (χ4v) is 6.14. The van der Waals surface area contributed by atoms with Gasteiger partial charge in [0.05, 0.1) is 18.6 Å². The topological polar surface area (TPSA) is 59.0 Å². The number of thioether (sulfide) groups is 1. The molecule has 1 N–H and O–H groups in total. The largest absolute Gasteiger partial charge is 0.492 e. The molecule has 2 atom stereocenters. The van der Waals surface area contributed by atoms with E-state index >= 15 is 0 Å². The second kappa shape index (κ2) is 9.34. The maximum atomic E-state index is 13.8. The van der Waals surface area contributed by atoms with Crippen LogP contribution in [0, 0.1) is 0 Å². The van der Waals surface area contributed by atoms with Crippen LogP contribution in [0.25, 0.3) is 0 Å². The smallest absolute Gasteiger partial charge is 0.416 e. The van der Waals surface area contributed by atoms with Crippen molar-refractivity contribution in [1.82, 2.24) is 4.90 Å². The molecule has 182 valence electrons. The Morgan fingerprint density at radius 3 is 2.68 bits per heavy atom. The highest BCUT2D eigenvalue weighted by atomic mass is 32.2. The van der Waals surface area contributed by atoms with Gasteiger partial charge in [-0.1, -0.05) is 12.1 Å². The van der Waals surface area contributed by atoms with Crippen LogP contribution in [0.1, 0.15) is 52.7 Å². The standard InChI is InChI=1S/C25H26F3NO4S/c26-25(27,28)21-5-3-19-18(20(21)13-29-7-9-34-10-8-29)4-6-22(19)33-16-1-2-17-15(11-24(30)31)14-32-23(17)12-16/h1-3,5,12,15,22H,4,6-11,13-14H2,(H,30,31)/t15-,22-/m1/s1. The number of carboxylic acids is 1. The Labute approximate surface area is 200 Å². The van der Waals surface area contributed by atoms with E-state index < -0.39 is 17.7 Å². The van der Waals surface area contributed by atoms with E-state index in [2.05, 4.69) is 4.90 Å². The summed E-state index contributed by atoms with van der Waals surface area (Å²) in [6, 6.07) is 8.14. The molecule has 0 bridgehead atoms. The minimum Gasteiger partial charge on any atom is -0.492 e. The van der Waals surface area contributed by atoms with Crippen LogP contribution in [0.3, 0.4) is 0 Å². The van der Waals surface area contributed by atoms with Gasteiger partial charge in [0.2, 0.25) is 0 Å². The molecule has 2 aromatic rings. The van der Waals surface area contributed by atoms with Crippen molar-refractivity contribution in [3.8, 4) is 11.5 Å². The zero-order chi connectivity index (χ0) is 23.9. The number of ether oxygens (including phenoxy) is 2. The van der Waals surface area contributed by atoms with Gasteiger partial charge in [0.1, 0.15) is 17.6 Å². The van der Waals surface area contributed by atoms with Crippen LogP contribution in [0.15, 0.2) is 30.3 Å². The highest BCUT2D eigenvalue weighted by Gasteiger charge is 2.38. The van der Waals surface area contributed by atoms with Crippen LogP contribution < -0.4 is 9.47 Å². The summed E-state index contributed by atoms with van der Waals surface area (Å²) in [7, 11) is 0. The lowest BCUT2D eigenvalue weighted by Crippen LogP contribution is -2.33. The van der Waals surface area contributed by atoms with Gasteiger partial charge in [-0.2, -0.15) is 24.9 Å². The van der Waals surface area contributed by atoms with Gasteiger partial charge in [-0.15, -0.1) is 0 Å². The first-order valence-corrected chi connectivity index (χ1v) is 12.6. The van der Waals surface area contributed by atoms with Crippen molar-refractivity contribution in [2.24, 2.45) is 0 Å². The van der Waals surface area contributed by atoms with Gasteiger partial charge in [0, 0.05) is 48.7 Å². The van der Waals surface area contributed by atoms with Crippen molar-refractivity contribution in [2.45, 2.75) is 44.0 Å². The lowest BCUT2D eigenvalue weighted by Gasteiger charge is -2.28. The molecule has 0 aromatic heterocycles. The number of carbonyl (C=O) groups is 1. The van der Waals surface area contributed by atoms with Crippen molar-refractivity contribution in [3.05, 3.63) is 58.1 Å². The molecule has 0 saturated carbocycles. The van der Waals surface area contributed by atoms with E-state index in [0.717, 1.165) is 41.3 Å². The zero-order valence-corrected chi connectivity index (χ0v) is 19.4. The van der Waals surface area contributed by atoms with Crippen molar-refractivity contribution < 1.29 is 32.5 Å². The molecule has 0 amide bonds. The van der Waals surface area contributed by atoms with Gasteiger partial charge in [0.15, 0.2) is 0 Å². The van der Waals surface area contributed by atoms with Gasteiger partial charge in [0.25, 0.3) is 0 Å². The van der Waals surface area contributed by atoms with E-state index in [9.17, 15) is 18.0 Å². The number of alkyl halides is 3. The number of hydrogen-bond donors (Lipinski definition) is 1. The number of nitrogens with zero attached hydrogens (tertiary/aromatic N) is 1. The Morgan fingerprint density at radius 2 is 1.94 bits per heavy atom. The van der Waals surface area contributed by atoms with Crippen molar-refractivity contribution in [3.63, 3.8) is 0 Å². The first kappa shape index (κ1) is 23.4. The Morgan fingerprint density at radius 1 is 1.18 bits per heavy atom. The van der Waals surface area contributed by atoms with E-state index in [1.54, 1.807) is 18.2 Å². The van der Waals surface area contributed by atoms with Crippen LogP contribution in [-0.2, 0) is 23.9 Å². The Balaban J connectivity index is 1.39. The maximum Gasteiger partial charge on any atom is 0.416 e. The third kappa shape index (κ3) is 4.73. The molecule has 2 heterocycles. The summed E-state index contributed by atoms with van der Waals surface area (Å²) < 4.78 is 53.4. The Hall–Kier alpha value is -2.39. The van der Waals surface area contributed by atoms with Crippen LogP contribution in [-0.4, -0.2) is 47.2 Å². The molecular formula is C25H26F3NO4S. The summed E-state index contributed by atoms with van der Waals surface area (Å²) in [4.78, 5) is 13.2. The maximum absolute atomic E-state index is 13.8. The Bertz CT molecular complexity index is 1080. The predicted molar refractivity (Wildman–Crippen MR) is 123 cm³/mol. The van der Waals surface area contributed by atoms with E-state index in [0.29, 0.717) is 43.1 Å². The Kier molecular flexibility index (Phi) is 6.41. The highest BCUT2D eigenvalue weighted by Crippen LogP contribution is 2.44. The second-order valence-corrected chi connectivity index (χ2v) is 10.2. The normalized spacial score (nSPS) is 22.2. The van der Waals surface area contributed by atoms with Crippen LogP contribution in [0.4, 0.5) is 13.2 Å². The number of hydrogen-bond acceptors (Lipinski definition) is 5. The summed E-state index contributed by atoms with van der Waals surface area (Å²) in [5.41, 5.74) is 2.27. The third-order valence-corrected chi connectivity index (χ3v) is 7.77. The van der Waals surface area contributed by atoms with E-state index in [1.807, 2.05) is 17.8 Å². The van der Waals surface area contributed by atoms with Gasteiger partial charge in [-0.3, -0.25) is 9.69 Å². The molecule has 2 aromatic carbocycles. The molecule has 3 aliphatic rings. The average Bonchev–Trinajstić information content (AvgIpc) is 3.38. The summed E-state index contributed by atoms with van der Waals surface area (Å²) in [5.74, 6) is 2.00. The third-order valence-electron chi connectivity index (χ3n) is 6.83. The molecule has 0 radical (unpaired) electrons. The van der Waals surface area contributed by atoms with Crippen molar-refractivity contribution >= 4 is 17.7 Å². The predicted octanol–water partition coefficient (Wildman–Crippen LogP) is 5.27. The first-order chi connectivity index (χ1) is 16.3. The summed E-state index contributed by atoms with van der Waals surface area (Å²) in [5, 5.41) is 9.08. The fourth-order valence-electron chi connectivity index (χ4n) is 5.16. The monoisotopic (exact) mass is 493 g/mol. The molecular weight excluding hydrogens is 467 g/mol. The summed E-state index contributed by atoms with van der Waals surface area (Å²) >= 11 is 1.83. The molecule has 5 rings (SSSR count). The van der Waals surface area contributed by atoms with Gasteiger partial charge in [-0.25, -0.2) is 0 Å². The molecule has 1 saturated heterocycles. The van der Waals surface area contributed by atoms with E-state index in [1.165, 1.54) is 6.07 Å². The van der Waals surface area contributed by atoms with E-state index in [4.69, 9.17) is 14.6 Å². The van der Waals surface area contributed by atoms with Crippen LogP contribution >= 0.6 is 11.8 Å². The molecule has 2 aliphatic heterocycles. The average molecular weight is 494 g/mol. The molecule has 1 aliphatic carbocycles. The molecule has 1 fully saturated rings. The number of rotatable bonds is 6. The molecule has 9 heteroatoms. The lowest BCUT2D eigenvalue weighted by atomic mass is 9.96. The van der Waals surface area contributed by atoms with Crippen molar-refractivity contribution in [1.29, 1.82) is 0 Å². The quantitative estimate of drug-likeness (QED) is 0.592.